The topological polar surface area (TPSA) is 49.9 Å². The van der Waals surface area contributed by atoms with Crippen LogP contribution in [0.3, 0.4) is 0 Å². The van der Waals surface area contributed by atoms with E-state index in [1.54, 1.807) is 33.3 Å². The Morgan fingerprint density at radius 3 is 2.45 bits per heavy atom. The third-order valence-corrected chi connectivity index (χ3v) is 6.35. The maximum Gasteiger partial charge on any atom is 0.242 e. The van der Waals surface area contributed by atoms with Crippen LogP contribution in [-0.4, -0.2) is 47.4 Å². The number of carbonyl (C=O) groups is 2. The second-order valence-corrected chi connectivity index (χ2v) is 9.77. The van der Waals surface area contributed by atoms with E-state index in [1.165, 1.54) is 17.0 Å². The molecule has 7 heteroatoms. The second-order valence-electron chi connectivity index (χ2n) is 8.40. The van der Waals surface area contributed by atoms with Gasteiger partial charge in [0.25, 0.3) is 0 Å². The number of thiophene rings is 1. The molecule has 1 aliphatic rings. The Labute approximate surface area is 187 Å². The predicted molar refractivity (Wildman–Crippen MR) is 120 cm³/mol. The Morgan fingerprint density at radius 1 is 1.13 bits per heavy atom. The van der Waals surface area contributed by atoms with Crippen LogP contribution in [0.1, 0.15) is 42.0 Å². The molecule has 1 saturated heterocycles. The summed E-state index contributed by atoms with van der Waals surface area (Å²) in [6.45, 7) is 7.70. The summed E-state index contributed by atoms with van der Waals surface area (Å²) in [5, 5.41) is 0. The molecule has 0 spiro atoms. The maximum absolute atomic E-state index is 13.4. The first-order valence-electron chi connectivity index (χ1n) is 10.8. The zero-order valence-corrected chi connectivity index (χ0v) is 19.3. The van der Waals surface area contributed by atoms with Crippen LogP contribution in [0.2, 0.25) is 0 Å². The first-order chi connectivity index (χ1) is 14.8. The number of nitrogens with zero attached hydrogens (tertiary/aromatic N) is 2. The van der Waals surface area contributed by atoms with Gasteiger partial charge in [-0.1, -0.05) is 26.0 Å². The Balaban J connectivity index is 1.76. The highest BCUT2D eigenvalue weighted by Crippen LogP contribution is 2.20. The van der Waals surface area contributed by atoms with Crippen molar-refractivity contribution >= 4 is 23.2 Å². The van der Waals surface area contributed by atoms with E-state index in [4.69, 9.17) is 4.74 Å². The van der Waals surface area contributed by atoms with Gasteiger partial charge in [0, 0.05) is 35.4 Å². The van der Waals surface area contributed by atoms with E-state index in [-0.39, 0.29) is 36.2 Å². The minimum atomic E-state index is -0.305. The zero-order chi connectivity index (χ0) is 22.4. The van der Waals surface area contributed by atoms with Crippen molar-refractivity contribution < 1.29 is 18.7 Å². The Hall–Kier alpha value is -2.25. The van der Waals surface area contributed by atoms with Gasteiger partial charge in [0.05, 0.1) is 19.2 Å². The molecule has 0 N–H and O–H groups in total. The van der Waals surface area contributed by atoms with Crippen molar-refractivity contribution in [3.05, 3.63) is 57.5 Å². The average molecular weight is 447 g/mol. The van der Waals surface area contributed by atoms with E-state index in [9.17, 15) is 14.0 Å². The SMILES string of the molecule is Cc1ccc(CN(Cc2ccc(F)cc2)C(=O)CN(C[C@@H]2CCCO2)C(=O)C(C)C)s1. The second kappa shape index (κ2) is 10.9. The molecule has 2 amide bonds. The smallest absolute Gasteiger partial charge is 0.242 e. The van der Waals surface area contributed by atoms with Crippen molar-refractivity contribution in [1.29, 1.82) is 0 Å². The number of aryl methyl sites for hydroxylation is 1. The number of rotatable bonds is 9. The molecule has 31 heavy (non-hydrogen) atoms. The third kappa shape index (κ3) is 6.87. The molecule has 1 fully saturated rings. The van der Waals surface area contributed by atoms with Crippen molar-refractivity contribution in [3.63, 3.8) is 0 Å². The van der Waals surface area contributed by atoms with E-state index in [2.05, 4.69) is 0 Å². The van der Waals surface area contributed by atoms with E-state index >= 15 is 0 Å². The average Bonchev–Trinajstić information content (AvgIpc) is 3.39. The van der Waals surface area contributed by atoms with E-state index in [0.717, 1.165) is 23.3 Å². The fourth-order valence-corrected chi connectivity index (χ4v) is 4.60. The van der Waals surface area contributed by atoms with Gasteiger partial charge in [-0.05, 0) is 49.6 Å². The first kappa shape index (κ1) is 23.4. The molecule has 2 heterocycles. The van der Waals surface area contributed by atoms with Gasteiger partial charge in [0.2, 0.25) is 11.8 Å². The van der Waals surface area contributed by atoms with Crippen LogP contribution in [0.25, 0.3) is 0 Å². The summed E-state index contributed by atoms with van der Waals surface area (Å²) < 4.78 is 19.0. The molecule has 1 aromatic carbocycles. The van der Waals surface area contributed by atoms with Gasteiger partial charge in [0.1, 0.15) is 5.82 Å². The largest absolute Gasteiger partial charge is 0.376 e. The normalized spacial score (nSPS) is 16.0. The van der Waals surface area contributed by atoms with Gasteiger partial charge >= 0.3 is 0 Å². The molecule has 0 bridgehead atoms. The lowest BCUT2D eigenvalue weighted by Crippen LogP contribution is -2.46. The monoisotopic (exact) mass is 446 g/mol. The van der Waals surface area contributed by atoms with Crippen LogP contribution in [0.15, 0.2) is 36.4 Å². The molecule has 168 valence electrons. The number of hydrogen-bond acceptors (Lipinski definition) is 4. The molecule has 2 aromatic rings. The summed E-state index contributed by atoms with van der Waals surface area (Å²) >= 11 is 1.65. The molecule has 0 saturated carbocycles. The Morgan fingerprint density at radius 2 is 1.87 bits per heavy atom. The Bertz CT molecular complexity index is 875. The summed E-state index contributed by atoms with van der Waals surface area (Å²) in [5.74, 6) is -0.666. The summed E-state index contributed by atoms with van der Waals surface area (Å²) in [4.78, 5) is 31.8. The van der Waals surface area contributed by atoms with Gasteiger partial charge < -0.3 is 14.5 Å². The maximum atomic E-state index is 13.4. The van der Waals surface area contributed by atoms with E-state index in [0.29, 0.717) is 26.2 Å². The van der Waals surface area contributed by atoms with Crippen molar-refractivity contribution in [2.24, 2.45) is 5.92 Å². The highest BCUT2D eigenvalue weighted by atomic mass is 32.1. The van der Waals surface area contributed by atoms with E-state index < -0.39 is 0 Å². The fraction of sp³-hybridized carbons (Fsp3) is 0.500. The van der Waals surface area contributed by atoms with Crippen LogP contribution in [0, 0.1) is 18.7 Å². The molecule has 3 rings (SSSR count). The number of carbonyl (C=O) groups excluding carboxylic acids is 2. The molecule has 5 nitrogen and oxygen atoms in total. The zero-order valence-electron chi connectivity index (χ0n) is 18.5. The molecule has 1 atom stereocenters. The molecule has 1 aromatic heterocycles. The summed E-state index contributed by atoms with van der Waals surface area (Å²) in [7, 11) is 0. The molecule has 0 radical (unpaired) electrons. The summed E-state index contributed by atoms with van der Waals surface area (Å²) in [6.07, 6.45) is 1.88. The number of amides is 2. The van der Waals surface area contributed by atoms with Crippen LogP contribution in [0.4, 0.5) is 4.39 Å². The summed E-state index contributed by atoms with van der Waals surface area (Å²) in [5.41, 5.74) is 0.851. The highest BCUT2D eigenvalue weighted by Gasteiger charge is 2.27. The molecular formula is C24H31FN2O3S. The minimum absolute atomic E-state index is 0.0130. The van der Waals surface area contributed by atoms with Gasteiger partial charge in [-0.15, -0.1) is 11.3 Å². The number of hydrogen-bond donors (Lipinski definition) is 0. The van der Waals surface area contributed by atoms with Crippen LogP contribution < -0.4 is 0 Å². The molecular weight excluding hydrogens is 415 g/mol. The lowest BCUT2D eigenvalue weighted by atomic mass is 10.1. The van der Waals surface area contributed by atoms with E-state index in [1.807, 2.05) is 32.9 Å². The first-order valence-corrected chi connectivity index (χ1v) is 11.6. The van der Waals surface area contributed by atoms with Crippen LogP contribution in [0.5, 0.6) is 0 Å². The minimum Gasteiger partial charge on any atom is -0.376 e. The fourth-order valence-electron chi connectivity index (χ4n) is 3.70. The van der Waals surface area contributed by atoms with Crippen molar-refractivity contribution in [3.8, 4) is 0 Å². The van der Waals surface area contributed by atoms with Crippen molar-refractivity contribution in [2.45, 2.75) is 52.8 Å². The van der Waals surface area contributed by atoms with Crippen molar-refractivity contribution in [2.75, 3.05) is 19.7 Å². The molecule has 0 aliphatic carbocycles. The third-order valence-electron chi connectivity index (χ3n) is 5.36. The van der Waals surface area contributed by atoms with Crippen LogP contribution >= 0.6 is 11.3 Å². The standard InChI is InChI=1S/C24H31FN2O3S/c1-17(2)24(29)27(14-21-5-4-12-30-21)16-23(28)26(15-22-11-6-18(3)31-22)13-19-7-9-20(25)10-8-19/h6-11,17,21H,4-5,12-16H2,1-3H3/t21-/m0/s1. The van der Waals surface area contributed by atoms with Crippen molar-refractivity contribution in [1.82, 2.24) is 9.80 Å². The predicted octanol–water partition coefficient (Wildman–Crippen LogP) is 4.39. The quantitative estimate of drug-likeness (QED) is 0.574. The molecule has 1 aliphatic heterocycles. The lowest BCUT2D eigenvalue weighted by molar-refractivity contribution is -0.144. The van der Waals surface area contributed by atoms with Gasteiger partial charge in [-0.25, -0.2) is 4.39 Å². The molecule has 0 unspecified atom stereocenters. The van der Waals surface area contributed by atoms with Gasteiger partial charge in [-0.2, -0.15) is 0 Å². The van der Waals surface area contributed by atoms with Crippen LogP contribution in [-0.2, 0) is 27.4 Å². The number of ether oxygens (including phenoxy) is 1. The summed E-state index contributed by atoms with van der Waals surface area (Å²) in [6, 6.07) is 10.2. The van der Waals surface area contributed by atoms with Gasteiger partial charge in [-0.3, -0.25) is 9.59 Å². The number of halogens is 1. The Kier molecular flexibility index (Phi) is 8.21. The van der Waals surface area contributed by atoms with Gasteiger partial charge in [0.15, 0.2) is 0 Å². The number of benzene rings is 1. The lowest BCUT2D eigenvalue weighted by Gasteiger charge is -2.30. The highest BCUT2D eigenvalue weighted by molar-refractivity contribution is 7.11.